The summed E-state index contributed by atoms with van der Waals surface area (Å²) in [6.07, 6.45) is 6.67. The van der Waals surface area contributed by atoms with Gasteiger partial charge in [-0.1, -0.05) is 0 Å². The number of nitrogens with zero attached hydrogens (tertiary/aromatic N) is 3. The average molecular weight is 504 g/mol. The Morgan fingerprint density at radius 3 is 2.71 bits per heavy atom. The molecule has 1 atom stereocenters. The molecule has 3 aromatic heterocycles. The average Bonchev–Trinajstić information content (AvgIpc) is 3.61. The van der Waals surface area contributed by atoms with Crippen LogP contribution in [0.5, 0.6) is 5.75 Å². The molecule has 3 aromatic rings. The number of carbonyl (C=O) groups is 1. The van der Waals surface area contributed by atoms with Crippen molar-refractivity contribution in [3.05, 3.63) is 47.9 Å². The molecule has 4 rings (SSSR count). The number of ether oxygens (including phenoxy) is 2. The molecule has 1 amide bonds. The molecule has 1 saturated carbocycles. The van der Waals surface area contributed by atoms with E-state index in [0.717, 1.165) is 22.5 Å². The van der Waals surface area contributed by atoms with E-state index in [1.54, 1.807) is 44.3 Å². The summed E-state index contributed by atoms with van der Waals surface area (Å²) in [7, 11) is -0.290. The molecule has 1 unspecified atom stereocenters. The molecule has 2 N–H and O–H groups in total. The van der Waals surface area contributed by atoms with Crippen molar-refractivity contribution in [2.45, 2.75) is 30.4 Å². The third-order valence-electron chi connectivity index (χ3n) is 5.30. The smallest absolute Gasteiger partial charge is 0.237 e. The quantitative estimate of drug-likeness (QED) is 0.407. The number of pyridine rings is 2. The Balaban J connectivity index is 1.46. The summed E-state index contributed by atoms with van der Waals surface area (Å²) in [4.78, 5) is 25.9. The van der Waals surface area contributed by atoms with Gasteiger partial charge in [-0.2, -0.15) is 0 Å². The second kappa shape index (κ2) is 10.5. The molecular formula is C22H25N5O5S2. The highest BCUT2D eigenvalue weighted by Gasteiger charge is 2.36. The zero-order chi connectivity index (χ0) is 24.1. The number of sulfonamides is 1. The Hall–Kier alpha value is -3.09. The van der Waals surface area contributed by atoms with Crippen molar-refractivity contribution in [3.8, 4) is 16.9 Å². The summed E-state index contributed by atoms with van der Waals surface area (Å²) in [6.45, 7) is 0.341. The van der Waals surface area contributed by atoms with E-state index in [1.165, 1.54) is 0 Å². The van der Waals surface area contributed by atoms with Gasteiger partial charge in [0, 0.05) is 42.6 Å². The number of methoxy groups -OCH3 is 2. The number of rotatable bonds is 11. The minimum Gasteiger partial charge on any atom is -0.495 e. The Morgan fingerprint density at radius 1 is 1.21 bits per heavy atom. The molecule has 0 bridgehead atoms. The van der Waals surface area contributed by atoms with E-state index in [-0.39, 0.29) is 16.3 Å². The number of anilines is 2. The summed E-state index contributed by atoms with van der Waals surface area (Å²) in [5.41, 5.74) is 2.14. The predicted molar refractivity (Wildman–Crippen MR) is 130 cm³/mol. The number of aromatic nitrogens is 3. The van der Waals surface area contributed by atoms with Crippen molar-refractivity contribution in [2.24, 2.45) is 0 Å². The van der Waals surface area contributed by atoms with E-state index in [0.29, 0.717) is 43.1 Å². The third-order valence-corrected chi connectivity index (χ3v) is 8.03. The van der Waals surface area contributed by atoms with Crippen LogP contribution >= 0.6 is 11.3 Å². The highest BCUT2D eigenvalue weighted by Crippen LogP contribution is 2.32. The molecule has 3 heterocycles. The van der Waals surface area contributed by atoms with E-state index in [9.17, 15) is 13.2 Å². The first-order valence-electron chi connectivity index (χ1n) is 10.6. The van der Waals surface area contributed by atoms with Crippen molar-refractivity contribution >= 4 is 38.2 Å². The van der Waals surface area contributed by atoms with Gasteiger partial charge in [-0.15, -0.1) is 11.3 Å². The Labute approximate surface area is 201 Å². The molecule has 34 heavy (non-hydrogen) atoms. The maximum atomic E-state index is 13.1. The van der Waals surface area contributed by atoms with Gasteiger partial charge in [-0.05, 0) is 37.5 Å². The normalized spacial score (nSPS) is 14.4. The zero-order valence-corrected chi connectivity index (χ0v) is 20.4. The lowest BCUT2D eigenvalue weighted by molar-refractivity contribution is -0.118. The highest BCUT2D eigenvalue weighted by atomic mass is 32.2. The highest BCUT2D eigenvalue weighted by molar-refractivity contribution is 7.93. The van der Waals surface area contributed by atoms with E-state index >= 15 is 0 Å². The molecule has 12 heteroatoms. The largest absolute Gasteiger partial charge is 0.495 e. The van der Waals surface area contributed by atoms with Crippen LogP contribution in [0.2, 0.25) is 0 Å². The van der Waals surface area contributed by atoms with Gasteiger partial charge in [0.05, 0.1) is 30.2 Å². The Morgan fingerprint density at radius 2 is 2.03 bits per heavy atom. The Kier molecular flexibility index (Phi) is 7.39. The van der Waals surface area contributed by atoms with Crippen LogP contribution in [-0.4, -0.2) is 55.4 Å². The second-order valence-electron chi connectivity index (χ2n) is 7.79. The number of thiazole rings is 1. The van der Waals surface area contributed by atoms with Crippen molar-refractivity contribution in [1.29, 1.82) is 0 Å². The van der Waals surface area contributed by atoms with Crippen LogP contribution in [0.15, 0.2) is 42.2 Å². The summed E-state index contributed by atoms with van der Waals surface area (Å²) >= 11 is 1.16. The molecule has 1 fully saturated rings. The molecule has 180 valence electrons. The van der Waals surface area contributed by atoms with Gasteiger partial charge >= 0.3 is 0 Å². The maximum Gasteiger partial charge on any atom is 0.237 e. The summed E-state index contributed by atoms with van der Waals surface area (Å²) in [6, 6.07) is 5.38. The fourth-order valence-electron chi connectivity index (χ4n) is 3.27. The minimum absolute atomic E-state index is 0.256. The first-order valence-corrected chi connectivity index (χ1v) is 13.0. The van der Waals surface area contributed by atoms with Gasteiger partial charge in [-0.25, -0.2) is 18.4 Å². The van der Waals surface area contributed by atoms with Gasteiger partial charge in [-0.3, -0.25) is 14.5 Å². The van der Waals surface area contributed by atoms with Crippen molar-refractivity contribution < 1.29 is 22.7 Å². The van der Waals surface area contributed by atoms with Gasteiger partial charge in [0.2, 0.25) is 15.9 Å². The molecule has 0 aliphatic heterocycles. The first kappa shape index (κ1) is 24.0. The SMILES string of the molecule is COCCC(C(=O)Nc1ccc(-c2cncc(OC)c2)cn1)c1csc(NS(=O)(=O)C2CC2)n1. The number of amides is 1. The van der Waals surface area contributed by atoms with Crippen LogP contribution in [-0.2, 0) is 19.6 Å². The van der Waals surface area contributed by atoms with E-state index < -0.39 is 15.9 Å². The van der Waals surface area contributed by atoms with Crippen molar-refractivity contribution in [1.82, 2.24) is 15.0 Å². The standard InChI is InChI=1S/C22H25N5O5S2/c1-31-8-7-18(19-13-33-22(25-19)27-34(29,30)17-4-5-17)21(28)26-20-6-3-14(11-24-20)15-9-16(32-2)12-23-10-15/h3,6,9-13,17-18H,4-5,7-8H2,1-2H3,(H,25,27)(H,24,26,28). The lowest BCUT2D eigenvalue weighted by Gasteiger charge is -2.14. The first-order chi connectivity index (χ1) is 16.4. The molecule has 10 nitrogen and oxygen atoms in total. The lowest BCUT2D eigenvalue weighted by atomic mass is 10.0. The molecule has 0 saturated heterocycles. The number of nitrogens with one attached hydrogen (secondary N) is 2. The number of carbonyl (C=O) groups excluding carboxylic acids is 1. The van der Waals surface area contributed by atoms with Crippen LogP contribution in [0.1, 0.15) is 30.9 Å². The van der Waals surface area contributed by atoms with Crippen molar-refractivity contribution in [3.63, 3.8) is 0 Å². The molecule has 1 aliphatic rings. The Bertz CT molecular complexity index is 1240. The summed E-state index contributed by atoms with van der Waals surface area (Å²) in [5.74, 6) is 0.0940. The molecular weight excluding hydrogens is 478 g/mol. The van der Waals surface area contributed by atoms with E-state index in [4.69, 9.17) is 9.47 Å². The molecule has 0 radical (unpaired) electrons. The summed E-state index contributed by atoms with van der Waals surface area (Å²) < 4.78 is 37.3. The number of hydrogen-bond acceptors (Lipinski definition) is 9. The van der Waals surface area contributed by atoms with Crippen LogP contribution in [0, 0.1) is 0 Å². The predicted octanol–water partition coefficient (Wildman–Crippen LogP) is 3.27. The van der Waals surface area contributed by atoms with Crippen LogP contribution in [0.25, 0.3) is 11.1 Å². The van der Waals surface area contributed by atoms with Crippen LogP contribution < -0.4 is 14.8 Å². The van der Waals surface area contributed by atoms with Gasteiger partial charge in [0.1, 0.15) is 11.6 Å². The second-order valence-corrected chi connectivity index (χ2v) is 10.6. The third kappa shape index (κ3) is 5.88. The van der Waals surface area contributed by atoms with Crippen molar-refractivity contribution in [2.75, 3.05) is 30.9 Å². The fraction of sp³-hybridized carbons (Fsp3) is 0.364. The maximum absolute atomic E-state index is 13.1. The molecule has 1 aliphatic carbocycles. The molecule has 0 spiro atoms. The minimum atomic E-state index is -3.42. The fourth-order valence-corrected chi connectivity index (χ4v) is 5.63. The summed E-state index contributed by atoms with van der Waals surface area (Å²) in [5, 5.41) is 4.41. The monoisotopic (exact) mass is 503 g/mol. The van der Waals surface area contributed by atoms with Gasteiger partial charge in [0.25, 0.3) is 0 Å². The number of hydrogen-bond donors (Lipinski definition) is 2. The van der Waals surface area contributed by atoms with Gasteiger partial charge in [0.15, 0.2) is 5.13 Å². The van der Waals surface area contributed by atoms with E-state index in [1.807, 2.05) is 12.1 Å². The topological polar surface area (TPSA) is 132 Å². The van der Waals surface area contributed by atoms with Gasteiger partial charge < -0.3 is 14.8 Å². The van der Waals surface area contributed by atoms with E-state index in [2.05, 4.69) is 25.0 Å². The van der Waals surface area contributed by atoms with Crippen LogP contribution in [0.4, 0.5) is 10.9 Å². The zero-order valence-electron chi connectivity index (χ0n) is 18.7. The van der Waals surface area contributed by atoms with Crippen LogP contribution in [0.3, 0.4) is 0 Å². The molecule has 0 aromatic carbocycles. The lowest BCUT2D eigenvalue weighted by Crippen LogP contribution is -2.23.